The van der Waals surface area contributed by atoms with Crippen LogP contribution in [0.1, 0.15) is 18.9 Å². The number of hydrogen-bond acceptors (Lipinski definition) is 5. The van der Waals surface area contributed by atoms with E-state index in [-0.39, 0.29) is 12.5 Å². The lowest BCUT2D eigenvalue weighted by molar-refractivity contribution is -0.140. The van der Waals surface area contributed by atoms with Crippen molar-refractivity contribution in [1.29, 1.82) is 0 Å². The van der Waals surface area contributed by atoms with Gasteiger partial charge in [-0.1, -0.05) is 36.7 Å². The summed E-state index contributed by atoms with van der Waals surface area (Å²) < 4.78 is 31.1. The molecule has 0 aliphatic carbocycles. The topological polar surface area (TPSA) is 96.0 Å². The highest BCUT2D eigenvalue weighted by molar-refractivity contribution is 7.92. The number of likely N-dealkylation sites (N-methyl/N-ethyl adjacent to an activating group) is 1. The lowest BCUT2D eigenvalue weighted by Gasteiger charge is -2.32. The van der Waals surface area contributed by atoms with E-state index in [9.17, 15) is 18.0 Å². The smallest absolute Gasteiger partial charge is 0.244 e. The molecule has 1 unspecified atom stereocenters. The molecule has 2 rings (SSSR count). The van der Waals surface area contributed by atoms with E-state index in [4.69, 9.17) is 16.3 Å². The van der Waals surface area contributed by atoms with Crippen LogP contribution in [-0.4, -0.2) is 58.1 Å². The molecule has 2 amide bonds. The third kappa shape index (κ3) is 6.37. The molecule has 0 radical (unpaired) electrons. The molecule has 8 nitrogen and oxygen atoms in total. The monoisotopic (exact) mass is 481 g/mol. The molecule has 10 heteroatoms. The number of hydrogen-bond donors (Lipinski definition) is 1. The van der Waals surface area contributed by atoms with Gasteiger partial charge in [0.25, 0.3) is 0 Å². The molecule has 0 bridgehead atoms. The molecular weight excluding hydrogens is 454 g/mol. The molecule has 0 heterocycles. The quantitative estimate of drug-likeness (QED) is 0.562. The highest BCUT2D eigenvalue weighted by Gasteiger charge is 2.31. The van der Waals surface area contributed by atoms with Crippen LogP contribution in [0.25, 0.3) is 0 Å². The number of amides is 2. The summed E-state index contributed by atoms with van der Waals surface area (Å²) in [7, 11) is -0.794. The second kappa shape index (κ2) is 11.2. The molecule has 0 fully saturated rings. The first-order chi connectivity index (χ1) is 15.1. The van der Waals surface area contributed by atoms with Crippen molar-refractivity contribution in [2.24, 2.45) is 0 Å². The van der Waals surface area contributed by atoms with Crippen molar-refractivity contribution >= 4 is 39.1 Å². The zero-order chi connectivity index (χ0) is 23.9. The lowest BCUT2D eigenvalue weighted by atomic mass is 10.1. The van der Waals surface area contributed by atoms with Crippen molar-refractivity contribution in [3.63, 3.8) is 0 Å². The largest absolute Gasteiger partial charge is 0.497 e. The molecular formula is C22H28ClN3O5S. The Balaban J connectivity index is 2.42. The van der Waals surface area contributed by atoms with Crippen molar-refractivity contribution in [3.05, 3.63) is 59.1 Å². The Hall–Kier alpha value is -2.78. The molecule has 2 aromatic rings. The van der Waals surface area contributed by atoms with E-state index >= 15 is 0 Å². The first-order valence-corrected chi connectivity index (χ1v) is 12.2. The fraction of sp³-hybridized carbons (Fsp3) is 0.364. The number of sulfonamides is 1. The van der Waals surface area contributed by atoms with Gasteiger partial charge >= 0.3 is 0 Å². The van der Waals surface area contributed by atoms with Gasteiger partial charge in [-0.15, -0.1) is 0 Å². The molecule has 0 spiro atoms. The van der Waals surface area contributed by atoms with Crippen molar-refractivity contribution in [1.82, 2.24) is 10.2 Å². The standard InChI is InChI=1S/C22H28ClN3O5S/c1-5-20(22(28)24-2)25(14-16-8-6-7-9-19(16)23)21(27)15-26(32(4,29)30)17-10-12-18(31-3)13-11-17/h6-13,20H,5,14-15H2,1-4H3,(H,24,28). The van der Waals surface area contributed by atoms with Gasteiger partial charge in [-0.3, -0.25) is 13.9 Å². The molecule has 2 aromatic carbocycles. The summed E-state index contributed by atoms with van der Waals surface area (Å²) in [6.45, 7) is 1.37. The fourth-order valence-electron chi connectivity index (χ4n) is 3.26. The second-order valence-corrected chi connectivity index (χ2v) is 9.43. The van der Waals surface area contributed by atoms with E-state index in [1.807, 2.05) is 0 Å². The van der Waals surface area contributed by atoms with Gasteiger partial charge in [-0.05, 0) is 42.3 Å². The maximum Gasteiger partial charge on any atom is 0.244 e. The number of carbonyl (C=O) groups is 2. The van der Waals surface area contributed by atoms with Gasteiger partial charge in [0.05, 0.1) is 19.1 Å². The van der Waals surface area contributed by atoms with Gasteiger partial charge < -0.3 is 15.0 Å². The van der Waals surface area contributed by atoms with E-state index in [1.165, 1.54) is 19.1 Å². The number of methoxy groups -OCH3 is 1. The Morgan fingerprint density at radius 2 is 1.75 bits per heavy atom. The number of rotatable bonds is 10. The van der Waals surface area contributed by atoms with Crippen molar-refractivity contribution in [2.75, 3.05) is 31.3 Å². The summed E-state index contributed by atoms with van der Waals surface area (Å²) >= 11 is 6.28. The first-order valence-electron chi connectivity index (χ1n) is 9.98. The fourth-order valence-corrected chi connectivity index (χ4v) is 4.30. The van der Waals surface area contributed by atoms with Crippen LogP contribution >= 0.6 is 11.6 Å². The molecule has 1 atom stereocenters. The first kappa shape index (κ1) is 25.5. The number of anilines is 1. The van der Waals surface area contributed by atoms with E-state index in [0.717, 1.165) is 10.6 Å². The third-order valence-corrected chi connectivity index (χ3v) is 6.48. The minimum atomic E-state index is -3.79. The molecule has 0 aliphatic heterocycles. The van der Waals surface area contributed by atoms with Crippen LogP contribution in [0.15, 0.2) is 48.5 Å². The van der Waals surface area contributed by atoms with Crippen molar-refractivity contribution < 1.29 is 22.7 Å². The van der Waals surface area contributed by atoms with Crippen LogP contribution in [0.3, 0.4) is 0 Å². The minimum Gasteiger partial charge on any atom is -0.497 e. The summed E-state index contributed by atoms with van der Waals surface area (Å²) in [5.74, 6) is -0.315. The van der Waals surface area contributed by atoms with Gasteiger partial charge in [0, 0.05) is 18.6 Å². The highest BCUT2D eigenvalue weighted by atomic mass is 35.5. The van der Waals surface area contributed by atoms with Crippen LogP contribution in [0.5, 0.6) is 5.75 Å². The van der Waals surface area contributed by atoms with Crippen LogP contribution in [0.4, 0.5) is 5.69 Å². The van der Waals surface area contributed by atoms with Crippen LogP contribution in [0, 0.1) is 0 Å². The summed E-state index contributed by atoms with van der Waals surface area (Å²) in [4.78, 5) is 27.3. The molecule has 0 saturated carbocycles. The van der Waals surface area contributed by atoms with E-state index in [2.05, 4.69) is 5.32 Å². The van der Waals surface area contributed by atoms with Crippen molar-refractivity contribution in [2.45, 2.75) is 25.9 Å². The van der Waals surface area contributed by atoms with Gasteiger partial charge in [-0.2, -0.15) is 0 Å². The van der Waals surface area contributed by atoms with E-state index < -0.39 is 28.5 Å². The molecule has 0 saturated heterocycles. The Labute approximate surface area is 194 Å². The average molecular weight is 482 g/mol. The maximum atomic E-state index is 13.4. The number of ether oxygens (including phenoxy) is 1. The summed E-state index contributed by atoms with van der Waals surface area (Å²) in [6, 6.07) is 12.5. The normalized spacial score (nSPS) is 12.0. The van der Waals surface area contributed by atoms with Crippen LogP contribution in [-0.2, 0) is 26.2 Å². The van der Waals surface area contributed by atoms with Crippen LogP contribution < -0.4 is 14.4 Å². The number of nitrogens with zero attached hydrogens (tertiary/aromatic N) is 2. The van der Waals surface area contributed by atoms with Crippen LogP contribution in [0.2, 0.25) is 5.02 Å². The summed E-state index contributed by atoms with van der Waals surface area (Å²) in [5.41, 5.74) is 0.965. The SMILES string of the molecule is CCC(C(=O)NC)N(Cc1ccccc1Cl)C(=O)CN(c1ccc(OC)cc1)S(C)(=O)=O. The molecule has 0 aliphatic rings. The average Bonchev–Trinajstić information content (AvgIpc) is 2.77. The number of halogens is 1. The van der Waals surface area contributed by atoms with E-state index in [0.29, 0.717) is 28.4 Å². The zero-order valence-electron chi connectivity index (χ0n) is 18.5. The van der Waals surface area contributed by atoms with Gasteiger partial charge in [-0.25, -0.2) is 8.42 Å². The van der Waals surface area contributed by atoms with Gasteiger partial charge in [0.1, 0.15) is 18.3 Å². The maximum absolute atomic E-state index is 13.4. The zero-order valence-corrected chi connectivity index (χ0v) is 20.1. The molecule has 32 heavy (non-hydrogen) atoms. The Bertz CT molecular complexity index is 1040. The second-order valence-electron chi connectivity index (χ2n) is 7.12. The molecule has 0 aromatic heterocycles. The van der Waals surface area contributed by atoms with E-state index in [1.54, 1.807) is 55.5 Å². The Morgan fingerprint density at radius 3 is 2.25 bits per heavy atom. The van der Waals surface area contributed by atoms with Crippen molar-refractivity contribution in [3.8, 4) is 5.75 Å². The molecule has 1 N–H and O–H groups in total. The predicted molar refractivity (Wildman–Crippen MR) is 125 cm³/mol. The highest BCUT2D eigenvalue weighted by Crippen LogP contribution is 2.23. The minimum absolute atomic E-state index is 0.0602. The Kier molecular flexibility index (Phi) is 8.91. The lowest BCUT2D eigenvalue weighted by Crippen LogP contribution is -2.51. The summed E-state index contributed by atoms with van der Waals surface area (Å²) in [5, 5.41) is 3.02. The Morgan fingerprint density at radius 1 is 1.12 bits per heavy atom. The summed E-state index contributed by atoms with van der Waals surface area (Å²) in [6.07, 6.45) is 1.37. The predicted octanol–water partition coefficient (Wildman–Crippen LogP) is 2.67. The third-order valence-electron chi connectivity index (χ3n) is 4.97. The molecule has 174 valence electrons. The number of nitrogens with one attached hydrogen (secondary N) is 1. The number of benzene rings is 2. The van der Waals surface area contributed by atoms with Gasteiger partial charge in [0.15, 0.2) is 0 Å². The van der Waals surface area contributed by atoms with Gasteiger partial charge in [0.2, 0.25) is 21.8 Å². The number of carbonyl (C=O) groups excluding carboxylic acids is 2.